The van der Waals surface area contributed by atoms with E-state index >= 15 is 0 Å². The van der Waals surface area contributed by atoms with E-state index < -0.39 is 0 Å². The molecular weight excluding hydrogens is 447 g/mol. The van der Waals surface area contributed by atoms with Gasteiger partial charge >= 0.3 is 0 Å². The number of aromatic nitrogens is 1. The first-order chi connectivity index (χ1) is 17.6. The minimum absolute atomic E-state index is 0.0146. The molecule has 0 radical (unpaired) electrons. The van der Waals surface area contributed by atoms with Gasteiger partial charge in [0.25, 0.3) is 0 Å². The van der Waals surface area contributed by atoms with Crippen molar-refractivity contribution in [1.29, 1.82) is 0 Å². The van der Waals surface area contributed by atoms with Crippen molar-refractivity contribution in [3.63, 3.8) is 0 Å². The smallest absolute Gasteiger partial charge is 0.221 e. The van der Waals surface area contributed by atoms with Crippen LogP contribution in [-0.2, 0) is 17.9 Å². The molecular formula is C32H29FN2O. The summed E-state index contributed by atoms with van der Waals surface area (Å²) in [5.41, 5.74) is 6.60. The number of nitrogens with one attached hydrogen (secondary N) is 1. The third-order valence-corrected chi connectivity index (χ3v) is 6.63. The van der Waals surface area contributed by atoms with Crippen LogP contribution in [-0.4, -0.2) is 10.5 Å². The highest BCUT2D eigenvalue weighted by atomic mass is 19.1. The molecule has 1 amide bonds. The van der Waals surface area contributed by atoms with Crippen LogP contribution in [0.2, 0.25) is 0 Å². The van der Waals surface area contributed by atoms with E-state index in [-0.39, 0.29) is 17.6 Å². The molecule has 0 bridgehead atoms. The standard InChI is InChI=1S/C32H29FN2O/c1-23-8-7-11-26(18-23)29(19-32(36)34-20-24-9-3-2-4-10-24)30-22-35(31-13-6-5-12-28(30)31)21-25-14-16-27(33)17-15-25/h2-18,22,29H,19-21H2,1H3,(H,34,36). The molecule has 4 aromatic carbocycles. The lowest BCUT2D eigenvalue weighted by Gasteiger charge is -2.18. The van der Waals surface area contributed by atoms with Crippen molar-refractivity contribution in [2.45, 2.75) is 32.4 Å². The third-order valence-electron chi connectivity index (χ3n) is 6.63. The summed E-state index contributed by atoms with van der Waals surface area (Å²) in [6, 6.07) is 33.3. The molecule has 3 nitrogen and oxygen atoms in total. The Bertz CT molecular complexity index is 1470. The molecule has 1 aromatic heterocycles. The van der Waals surface area contributed by atoms with Gasteiger partial charge in [-0.25, -0.2) is 4.39 Å². The third kappa shape index (κ3) is 5.38. The largest absolute Gasteiger partial charge is 0.352 e. The zero-order valence-electron chi connectivity index (χ0n) is 20.3. The Labute approximate surface area is 211 Å². The number of nitrogens with zero attached hydrogens (tertiary/aromatic N) is 1. The van der Waals surface area contributed by atoms with Crippen molar-refractivity contribution in [3.8, 4) is 0 Å². The minimum Gasteiger partial charge on any atom is -0.352 e. The molecule has 1 heterocycles. The monoisotopic (exact) mass is 476 g/mol. The molecule has 0 fully saturated rings. The van der Waals surface area contributed by atoms with E-state index in [4.69, 9.17) is 0 Å². The summed E-state index contributed by atoms with van der Waals surface area (Å²) in [4.78, 5) is 13.2. The van der Waals surface area contributed by atoms with Gasteiger partial charge in [-0.1, -0.05) is 90.5 Å². The Morgan fingerprint density at radius 2 is 1.61 bits per heavy atom. The summed E-state index contributed by atoms with van der Waals surface area (Å²) in [6.07, 6.45) is 2.51. The SMILES string of the molecule is Cc1cccc(C(CC(=O)NCc2ccccc2)c2cn(Cc3ccc(F)cc3)c3ccccc23)c1. The minimum atomic E-state index is -0.238. The second-order valence-corrected chi connectivity index (χ2v) is 9.29. The van der Waals surface area contributed by atoms with Gasteiger partial charge in [-0.3, -0.25) is 4.79 Å². The van der Waals surface area contributed by atoms with E-state index in [1.54, 1.807) is 0 Å². The highest BCUT2D eigenvalue weighted by Gasteiger charge is 2.23. The second kappa shape index (κ2) is 10.6. The van der Waals surface area contributed by atoms with Crippen LogP contribution in [0.4, 0.5) is 4.39 Å². The van der Waals surface area contributed by atoms with Gasteiger partial charge in [0.1, 0.15) is 5.82 Å². The summed E-state index contributed by atoms with van der Waals surface area (Å²) in [6.45, 7) is 3.21. The number of fused-ring (bicyclic) bond motifs is 1. The quantitative estimate of drug-likeness (QED) is 0.258. The van der Waals surface area contributed by atoms with Crippen LogP contribution in [0.3, 0.4) is 0 Å². The summed E-state index contributed by atoms with van der Waals surface area (Å²) in [5, 5.41) is 4.23. The molecule has 1 atom stereocenters. The Morgan fingerprint density at radius 3 is 2.39 bits per heavy atom. The Kier molecular flexibility index (Phi) is 6.94. The van der Waals surface area contributed by atoms with Crippen molar-refractivity contribution >= 4 is 16.8 Å². The van der Waals surface area contributed by atoms with E-state index in [2.05, 4.69) is 59.4 Å². The highest BCUT2D eigenvalue weighted by Crippen LogP contribution is 2.35. The summed E-state index contributed by atoms with van der Waals surface area (Å²) < 4.78 is 15.7. The molecule has 4 heteroatoms. The Morgan fingerprint density at radius 1 is 0.861 bits per heavy atom. The molecule has 0 saturated heterocycles. The number of carbonyl (C=O) groups excluding carboxylic acids is 1. The maximum atomic E-state index is 13.5. The maximum Gasteiger partial charge on any atom is 0.221 e. The maximum absolute atomic E-state index is 13.5. The van der Waals surface area contributed by atoms with Crippen LogP contribution >= 0.6 is 0 Å². The number of rotatable bonds is 8. The zero-order chi connectivity index (χ0) is 24.9. The first-order valence-electron chi connectivity index (χ1n) is 12.3. The number of halogens is 1. The van der Waals surface area contributed by atoms with Crippen LogP contribution in [0, 0.1) is 12.7 Å². The van der Waals surface area contributed by atoms with E-state index in [0.29, 0.717) is 19.5 Å². The van der Waals surface area contributed by atoms with Crippen molar-refractivity contribution in [1.82, 2.24) is 9.88 Å². The second-order valence-electron chi connectivity index (χ2n) is 9.29. The molecule has 1 unspecified atom stereocenters. The fourth-order valence-electron chi connectivity index (χ4n) is 4.82. The molecule has 0 saturated carbocycles. The van der Waals surface area contributed by atoms with Gasteiger partial charge in [0, 0.05) is 42.5 Å². The summed E-state index contributed by atoms with van der Waals surface area (Å²) in [7, 11) is 0. The molecule has 0 aliphatic rings. The normalized spacial score (nSPS) is 11.9. The van der Waals surface area contributed by atoms with E-state index in [1.165, 1.54) is 12.1 Å². The molecule has 0 aliphatic heterocycles. The van der Waals surface area contributed by atoms with Gasteiger partial charge < -0.3 is 9.88 Å². The van der Waals surface area contributed by atoms with Gasteiger partial charge in [-0.2, -0.15) is 0 Å². The topological polar surface area (TPSA) is 34.0 Å². The summed E-state index contributed by atoms with van der Waals surface area (Å²) >= 11 is 0. The number of benzene rings is 4. The number of hydrogen-bond donors (Lipinski definition) is 1. The highest BCUT2D eigenvalue weighted by molar-refractivity contribution is 5.86. The number of carbonyl (C=O) groups is 1. The molecule has 5 rings (SSSR count). The Hall–Kier alpha value is -4.18. The number of amides is 1. The van der Waals surface area contributed by atoms with Crippen LogP contribution in [0.5, 0.6) is 0 Å². The first-order valence-corrected chi connectivity index (χ1v) is 12.3. The van der Waals surface area contributed by atoms with Gasteiger partial charge in [0.2, 0.25) is 5.91 Å². The molecule has 180 valence electrons. The lowest BCUT2D eigenvalue weighted by atomic mass is 9.87. The van der Waals surface area contributed by atoms with E-state index in [0.717, 1.165) is 38.7 Å². The number of hydrogen-bond acceptors (Lipinski definition) is 1. The number of para-hydroxylation sites is 1. The molecule has 1 N–H and O–H groups in total. The average molecular weight is 477 g/mol. The Balaban J connectivity index is 1.49. The van der Waals surface area contributed by atoms with Crippen LogP contribution in [0.25, 0.3) is 10.9 Å². The van der Waals surface area contributed by atoms with Gasteiger partial charge in [0.05, 0.1) is 0 Å². The van der Waals surface area contributed by atoms with Crippen molar-refractivity contribution in [2.75, 3.05) is 0 Å². The lowest BCUT2D eigenvalue weighted by molar-refractivity contribution is -0.121. The van der Waals surface area contributed by atoms with Crippen LogP contribution < -0.4 is 5.32 Å². The van der Waals surface area contributed by atoms with Gasteiger partial charge in [-0.05, 0) is 47.4 Å². The average Bonchev–Trinajstić information content (AvgIpc) is 3.26. The fraction of sp³-hybridized carbons (Fsp3) is 0.156. The zero-order valence-corrected chi connectivity index (χ0v) is 20.3. The van der Waals surface area contributed by atoms with Gasteiger partial charge in [0.15, 0.2) is 0 Å². The van der Waals surface area contributed by atoms with Crippen LogP contribution in [0.1, 0.15) is 40.2 Å². The van der Waals surface area contributed by atoms with E-state index in [9.17, 15) is 9.18 Å². The predicted molar refractivity (Wildman–Crippen MR) is 143 cm³/mol. The summed E-state index contributed by atoms with van der Waals surface area (Å²) in [5.74, 6) is -0.321. The predicted octanol–water partition coefficient (Wildman–Crippen LogP) is 6.98. The van der Waals surface area contributed by atoms with E-state index in [1.807, 2.05) is 54.6 Å². The van der Waals surface area contributed by atoms with Gasteiger partial charge in [-0.15, -0.1) is 0 Å². The number of aryl methyl sites for hydroxylation is 1. The lowest BCUT2D eigenvalue weighted by Crippen LogP contribution is -2.25. The fourth-order valence-corrected chi connectivity index (χ4v) is 4.82. The van der Waals surface area contributed by atoms with Crippen molar-refractivity contribution < 1.29 is 9.18 Å². The molecule has 36 heavy (non-hydrogen) atoms. The molecule has 0 spiro atoms. The van der Waals surface area contributed by atoms with Crippen molar-refractivity contribution in [3.05, 3.63) is 143 Å². The van der Waals surface area contributed by atoms with Crippen LogP contribution in [0.15, 0.2) is 109 Å². The van der Waals surface area contributed by atoms with Crippen molar-refractivity contribution in [2.24, 2.45) is 0 Å². The molecule has 5 aromatic rings. The molecule has 0 aliphatic carbocycles. The first kappa shape index (κ1) is 23.6.